The van der Waals surface area contributed by atoms with E-state index in [1.165, 1.54) is 0 Å². The maximum atomic E-state index is 4.11. The van der Waals surface area contributed by atoms with Crippen LogP contribution in [0.5, 0.6) is 0 Å². The Kier molecular flexibility index (Phi) is 2.90. The molecule has 2 aromatic rings. The summed E-state index contributed by atoms with van der Waals surface area (Å²) in [5, 5.41) is 8.22. The van der Waals surface area contributed by atoms with E-state index in [-0.39, 0.29) is 0 Å². The lowest BCUT2D eigenvalue weighted by Crippen LogP contribution is -1.97. The van der Waals surface area contributed by atoms with Crippen LogP contribution < -0.4 is 0 Å². The number of rotatable bonds is 3. The third-order valence-corrected chi connectivity index (χ3v) is 2.13. The van der Waals surface area contributed by atoms with Crippen molar-refractivity contribution in [2.75, 3.05) is 0 Å². The van der Waals surface area contributed by atoms with E-state index in [0.29, 0.717) is 0 Å². The van der Waals surface area contributed by atoms with E-state index >= 15 is 0 Å². The van der Waals surface area contributed by atoms with Crippen molar-refractivity contribution in [3.63, 3.8) is 0 Å². The number of aromatic amines is 2. The van der Waals surface area contributed by atoms with Crippen LogP contribution in [0.25, 0.3) is 0 Å². The van der Waals surface area contributed by atoms with Crippen molar-refractivity contribution >= 4 is 11.4 Å². The van der Waals surface area contributed by atoms with Gasteiger partial charge in [0, 0.05) is 0 Å². The molecule has 0 aliphatic rings. The van der Waals surface area contributed by atoms with Gasteiger partial charge in [0.15, 0.2) is 0 Å². The Morgan fingerprint density at radius 3 is 1.69 bits per heavy atom. The van der Waals surface area contributed by atoms with Gasteiger partial charge in [0.1, 0.15) is 0 Å². The van der Waals surface area contributed by atoms with Gasteiger partial charge in [-0.15, -0.1) is 0 Å². The Bertz CT molecular complexity index is 443. The number of nitrogens with zero attached hydrogens (tertiary/aromatic N) is 4. The summed E-state index contributed by atoms with van der Waals surface area (Å²) in [4.78, 5) is 13.8. The van der Waals surface area contributed by atoms with Gasteiger partial charge in [0.05, 0.1) is 47.9 Å². The van der Waals surface area contributed by atoms with E-state index in [1.54, 1.807) is 25.0 Å². The van der Waals surface area contributed by atoms with Crippen molar-refractivity contribution in [2.24, 2.45) is 10.2 Å². The van der Waals surface area contributed by atoms with E-state index in [0.717, 1.165) is 22.8 Å². The normalized spacial score (nSPS) is 13.1. The molecule has 6 nitrogen and oxygen atoms in total. The standard InChI is InChI=1S/C10H12N6/c1-7(9-3-11-5-13-9)15-16-8(2)10-4-12-6-14-10/h3-6H,1-2H3,(H,11,13)(H,12,14). The molecule has 2 heterocycles. The third-order valence-electron chi connectivity index (χ3n) is 2.13. The molecule has 0 fully saturated rings. The Balaban J connectivity index is 2.17. The van der Waals surface area contributed by atoms with Gasteiger partial charge in [-0.05, 0) is 13.8 Å². The second kappa shape index (κ2) is 4.52. The van der Waals surface area contributed by atoms with Crippen LogP contribution in [0, 0.1) is 0 Å². The minimum absolute atomic E-state index is 0.788. The average Bonchev–Trinajstić information content (AvgIpc) is 2.95. The summed E-state index contributed by atoms with van der Waals surface area (Å²) in [5.74, 6) is 0. The molecule has 0 amide bonds. The summed E-state index contributed by atoms with van der Waals surface area (Å²) in [5.41, 5.74) is 3.30. The fraction of sp³-hybridized carbons (Fsp3) is 0.200. The van der Waals surface area contributed by atoms with Crippen molar-refractivity contribution in [3.05, 3.63) is 36.4 Å². The second-order valence-corrected chi connectivity index (χ2v) is 3.30. The van der Waals surface area contributed by atoms with Crippen molar-refractivity contribution < 1.29 is 0 Å². The molecule has 0 saturated heterocycles. The molecule has 0 saturated carbocycles. The van der Waals surface area contributed by atoms with E-state index in [4.69, 9.17) is 0 Å². The van der Waals surface area contributed by atoms with E-state index in [9.17, 15) is 0 Å². The molecule has 0 bridgehead atoms. The zero-order chi connectivity index (χ0) is 11.4. The molecule has 6 heteroatoms. The lowest BCUT2D eigenvalue weighted by molar-refractivity contribution is 1.19. The first-order chi connectivity index (χ1) is 7.77. The molecule has 0 radical (unpaired) electrons. The first kappa shape index (κ1) is 10.3. The second-order valence-electron chi connectivity index (χ2n) is 3.30. The lowest BCUT2D eigenvalue weighted by atomic mass is 10.3. The molecule has 0 aromatic carbocycles. The Morgan fingerprint density at radius 1 is 0.938 bits per heavy atom. The predicted octanol–water partition coefficient (Wildman–Crippen LogP) is 1.37. The summed E-state index contributed by atoms with van der Waals surface area (Å²) in [6.45, 7) is 3.74. The van der Waals surface area contributed by atoms with Gasteiger partial charge in [0.2, 0.25) is 0 Å². The predicted molar refractivity (Wildman–Crippen MR) is 61.6 cm³/mol. The Labute approximate surface area is 92.6 Å². The zero-order valence-electron chi connectivity index (χ0n) is 9.10. The summed E-state index contributed by atoms with van der Waals surface area (Å²) in [6, 6.07) is 0. The van der Waals surface area contributed by atoms with Crippen molar-refractivity contribution in [3.8, 4) is 0 Å². The fourth-order valence-corrected chi connectivity index (χ4v) is 1.17. The largest absolute Gasteiger partial charge is 0.344 e. The molecular formula is C10H12N6. The lowest BCUT2D eigenvalue weighted by Gasteiger charge is -1.94. The van der Waals surface area contributed by atoms with Crippen LogP contribution >= 0.6 is 0 Å². The number of H-pyrrole nitrogens is 2. The van der Waals surface area contributed by atoms with Crippen LogP contribution in [0.15, 0.2) is 35.3 Å². The first-order valence-corrected chi connectivity index (χ1v) is 4.83. The van der Waals surface area contributed by atoms with Gasteiger partial charge in [-0.2, -0.15) is 10.2 Å². The van der Waals surface area contributed by atoms with Crippen molar-refractivity contribution in [1.82, 2.24) is 19.9 Å². The van der Waals surface area contributed by atoms with Gasteiger partial charge in [-0.3, -0.25) is 0 Å². The molecule has 16 heavy (non-hydrogen) atoms. The molecule has 2 N–H and O–H groups in total. The van der Waals surface area contributed by atoms with Gasteiger partial charge >= 0.3 is 0 Å². The van der Waals surface area contributed by atoms with Crippen LogP contribution in [-0.2, 0) is 0 Å². The number of imidazole rings is 2. The highest BCUT2D eigenvalue weighted by Crippen LogP contribution is 1.98. The van der Waals surface area contributed by atoms with Crippen molar-refractivity contribution in [2.45, 2.75) is 13.8 Å². The van der Waals surface area contributed by atoms with Gasteiger partial charge < -0.3 is 9.97 Å². The number of hydrogen-bond donors (Lipinski definition) is 2. The minimum Gasteiger partial charge on any atom is -0.344 e. The zero-order valence-corrected chi connectivity index (χ0v) is 9.10. The topological polar surface area (TPSA) is 82.1 Å². The molecule has 0 atom stereocenters. The highest BCUT2D eigenvalue weighted by Gasteiger charge is 1.99. The Hall–Kier alpha value is -2.24. The van der Waals surface area contributed by atoms with Crippen LogP contribution in [0.2, 0.25) is 0 Å². The fourth-order valence-electron chi connectivity index (χ4n) is 1.17. The van der Waals surface area contributed by atoms with Crippen LogP contribution in [0.3, 0.4) is 0 Å². The molecule has 82 valence electrons. The van der Waals surface area contributed by atoms with Gasteiger partial charge in [0.25, 0.3) is 0 Å². The number of hydrogen-bond acceptors (Lipinski definition) is 4. The van der Waals surface area contributed by atoms with Crippen LogP contribution in [-0.4, -0.2) is 31.4 Å². The summed E-state index contributed by atoms with van der Waals surface area (Å²) in [6.07, 6.45) is 6.64. The molecule has 2 aromatic heterocycles. The minimum atomic E-state index is 0.788. The van der Waals surface area contributed by atoms with Gasteiger partial charge in [-0.25, -0.2) is 9.97 Å². The van der Waals surface area contributed by atoms with E-state index < -0.39 is 0 Å². The molecule has 0 spiro atoms. The number of aromatic nitrogens is 4. The highest BCUT2D eigenvalue weighted by atomic mass is 15.2. The molecular weight excluding hydrogens is 204 g/mol. The molecule has 0 aliphatic carbocycles. The maximum Gasteiger partial charge on any atom is 0.0924 e. The third kappa shape index (κ3) is 2.22. The van der Waals surface area contributed by atoms with E-state index in [2.05, 4.69) is 30.1 Å². The van der Waals surface area contributed by atoms with Crippen LogP contribution in [0.4, 0.5) is 0 Å². The molecule has 0 aliphatic heterocycles. The quantitative estimate of drug-likeness (QED) is 0.600. The summed E-state index contributed by atoms with van der Waals surface area (Å²) in [7, 11) is 0. The van der Waals surface area contributed by atoms with Crippen LogP contribution in [0.1, 0.15) is 25.2 Å². The first-order valence-electron chi connectivity index (χ1n) is 4.83. The Morgan fingerprint density at radius 2 is 1.38 bits per heavy atom. The SMILES string of the molecule is CC(=NN=C(C)c1cnc[nH]1)c1cnc[nH]1. The number of nitrogens with one attached hydrogen (secondary N) is 2. The summed E-state index contributed by atoms with van der Waals surface area (Å²) >= 11 is 0. The summed E-state index contributed by atoms with van der Waals surface area (Å²) < 4.78 is 0. The average molecular weight is 216 g/mol. The highest BCUT2D eigenvalue weighted by molar-refractivity contribution is 5.99. The van der Waals surface area contributed by atoms with E-state index in [1.807, 2.05) is 13.8 Å². The monoisotopic (exact) mass is 216 g/mol. The molecule has 2 rings (SSSR count). The van der Waals surface area contributed by atoms with Gasteiger partial charge in [-0.1, -0.05) is 0 Å². The maximum absolute atomic E-state index is 4.11. The smallest absolute Gasteiger partial charge is 0.0924 e. The van der Waals surface area contributed by atoms with Crippen molar-refractivity contribution in [1.29, 1.82) is 0 Å². The molecule has 0 unspecified atom stereocenters.